The SMILES string of the molecule is C[C@@](N)(CO)c1cc(O)[nH]c(=O)c1. The summed E-state index contributed by atoms with van der Waals surface area (Å²) in [6.45, 7) is 1.27. The molecule has 0 aliphatic heterocycles. The first-order valence-electron chi connectivity index (χ1n) is 3.79. The lowest BCUT2D eigenvalue weighted by molar-refractivity contribution is 0.209. The van der Waals surface area contributed by atoms with Gasteiger partial charge in [0.25, 0.3) is 5.56 Å². The van der Waals surface area contributed by atoms with Gasteiger partial charge in [-0.15, -0.1) is 0 Å². The van der Waals surface area contributed by atoms with Crippen LogP contribution in [0.3, 0.4) is 0 Å². The first-order valence-corrected chi connectivity index (χ1v) is 3.79. The van der Waals surface area contributed by atoms with E-state index in [1.165, 1.54) is 12.1 Å². The third kappa shape index (κ3) is 2.07. The number of hydrogen-bond acceptors (Lipinski definition) is 4. The van der Waals surface area contributed by atoms with E-state index in [2.05, 4.69) is 4.98 Å². The van der Waals surface area contributed by atoms with Crippen LogP contribution in [0.5, 0.6) is 5.88 Å². The van der Waals surface area contributed by atoms with Crippen molar-refractivity contribution in [3.63, 3.8) is 0 Å². The standard InChI is InChI=1S/C8H12N2O3/c1-8(9,4-11)5-2-6(12)10-7(13)3-5/h2-3,11H,4,9H2,1H3,(H2,10,12,13)/t8-/m1/s1. The summed E-state index contributed by atoms with van der Waals surface area (Å²) in [5, 5.41) is 18.0. The van der Waals surface area contributed by atoms with E-state index in [1.54, 1.807) is 6.92 Å². The zero-order valence-corrected chi connectivity index (χ0v) is 7.24. The number of H-pyrrole nitrogens is 1. The largest absolute Gasteiger partial charge is 0.495 e. The fraction of sp³-hybridized carbons (Fsp3) is 0.375. The fourth-order valence-corrected chi connectivity index (χ4v) is 0.950. The van der Waals surface area contributed by atoms with Crippen LogP contribution >= 0.6 is 0 Å². The highest BCUT2D eigenvalue weighted by atomic mass is 16.3. The van der Waals surface area contributed by atoms with Gasteiger partial charge >= 0.3 is 0 Å². The van der Waals surface area contributed by atoms with Gasteiger partial charge in [0.1, 0.15) is 0 Å². The van der Waals surface area contributed by atoms with Crippen LogP contribution in [0.1, 0.15) is 12.5 Å². The molecule has 0 radical (unpaired) electrons. The minimum atomic E-state index is -1.01. The van der Waals surface area contributed by atoms with Crippen LogP contribution in [0.2, 0.25) is 0 Å². The number of nitrogens with one attached hydrogen (secondary N) is 1. The summed E-state index contributed by atoms with van der Waals surface area (Å²) < 4.78 is 0. The second-order valence-electron chi connectivity index (χ2n) is 3.19. The maximum Gasteiger partial charge on any atom is 0.251 e. The molecular weight excluding hydrogens is 172 g/mol. The van der Waals surface area contributed by atoms with Crippen molar-refractivity contribution >= 4 is 0 Å². The van der Waals surface area contributed by atoms with Gasteiger partial charge in [0.05, 0.1) is 12.1 Å². The predicted molar refractivity (Wildman–Crippen MR) is 47.4 cm³/mol. The minimum Gasteiger partial charge on any atom is -0.495 e. The Morgan fingerprint density at radius 1 is 1.62 bits per heavy atom. The van der Waals surface area contributed by atoms with E-state index >= 15 is 0 Å². The lowest BCUT2D eigenvalue weighted by atomic mass is 9.95. The Labute approximate surface area is 74.8 Å². The maximum absolute atomic E-state index is 10.9. The predicted octanol–water partition coefficient (Wildman–Crippen LogP) is -0.753. The van der Waals surface area contributed by atoms with Gasteiger partial charge in [-0.25, -0.2) is 0 Å². The summed E-state index contributed by atoms with van der Waals surface area (Å²) in [6.07, 6.45) is 0. The van der Waals surface area contributed by atoms with Crippen LogP contribution in [-0.4, -0.2) is 21.8 Å². The maximum atomic E-state index is 10.9. The molecule has 13 heavy (non-hydrogen) atoms. The van der Waals surface area contributed by atoms with Gasteiger partial charge in [-0.1, -0.05) is 0 Å². The number of aliphatic hydroxyl groups is 1. The summed E-state index contributed by atoms with van der Waals surface area (Å²) in [4.78, 5) is 13.1. The van der Waals surface area contributed by atoms with Gasteiger partial charge in [0.15, 0.2) is 5.88 Å². The Balaban J connectivity index is 3.23. The molecule has 1 rings (SSSR count). The smallest absolute Gasteiger partial charge is 0.251 e. The topological polar surface area (TPSA) is 99.3 Å². The molecular formula is C8H12N2O3. The molecule has 0 unspecified atom stereocenters. The quantitative estimate of drug-likeness (QED) is 0.485. The Morgan fingerprint density at radius 3 is 2.69 bits per heavy atom. The lowest BCUT2D eigenvalue weighted by Gasteiger charge is -2.21. The normalized spacial score (nSPS) is 15.3. The lowest BCUT2D eigenvalue weighted by Crippen LogP contribution is -2.37. The highest BCUT2D eigenvalue weighted by molar-refractivity contribution is 5.26. The van der Waals surface area contributed by atoms with Crippen LogP contribution < -0.4 is 11.3 Å². The van der Waals surface area contributed by atoms with Crippen molar-refractivity contribution < 1.29 is 10.2 Å². The molecule has 0 amide bonds. The molecule has 1 aromatic heterocycles. The van der Waals surface area contributed by atoms with Crippen molar-refractivity contribution in [3.05, 3.63) is 28.0 Å². The van der Waals surface area contributed by atoms with Crippen molar-refractivity contribution in [2.45, 2.75) is 12.5 Å². The van der Waals surface area contributed by atoms with Gasteiger partial charge in [0, 0.05) is 12.1 Å². The molecule has 5 nitrogen and oxygen atoms in total. The van der Waals surface area contributed by atoms with Crippen LogP contribution in [0.25, 0.3) is 0 Å². The van der Waals surface area contributed by atoms with E-state index in [0.717, 1.165) is 0 Å². The van der Waals surface area contributed by atoms with Crippen molar-refractivity contribution in [2.75, 3.05) is 6.61 Å². The second kappa shape index (κ2) is 3.20. The minimum absolute atomic E-state index is 0.257. The molecule has 1 atom stereocenters. The van der Waals surface area contributed by atoms with E-state index < -0.39 is 11.1 Å². The van der Waals surface area contributed by atoms with E-state index in [1.807, 2.05) is 0 Å². The van der Waals surface area contributed by atoms with E-state index in [0.29, 0.717) is 5.56 Å². The van der Waals surface area contributed by atoms with Gasteiger partial charge < -0.3 is 15.9 Å². The third-order valence-electron chi connectivity index (χ3n) is 1.82. The average Bonchev–Trinajstić information content (AvgIpc) is 2.02. The molecule has 0 aliphatic carbocycles. The van der Waals surface area contributed by atoms with Crippen LogP contribution in [-0.2, 0) is 5.54 Å². The van der Waals surface area contributed by atoms with Crippen LogP contribution in [0.4, 0.5) is 0 Å². The number of aliphatic hydroxyl groups excluding tert-OH is 1. The molecule has 0 saturated heterocycles. The summed E-state index contributed by atoms with van der Waals surface area (Å²) in [5.74, 6) is -0.257. The summed E-state index contributed by atoms with van der Waals surface area (Å²) in [7, 11) is 0. The van der Waals surface area contributed by atoms with Gasteiger partial charge in [-0.3, -0.25) is 9.78 Å². The molecule has 1 heterocycles. The Bertz CT molecular complexity index is 357. The molecule has 1 aromatic rings. The van der Waals surface area contributed by atoms with Gasteiger partial charge in [0.2, 0.25) is 0 Å². The zero-order chi connectivity index (χ0) is 10.1. The van der Waals surface area contributed by atoms with Crippen molar-refractivity contribution in [1.29, 1.82) is 0 Å². The fourth-order valence-electron chi connectivity index (χ4n) is 0.950. The Kier molecular flexibility index (Phi) is 2.40. The molecule has 0 saturated carbocycles. The number of aromatic nitrogens is 1. The second-order valence-corrected chi connectivity index (χ2v) is 3.19. The summed E-state index contributed by atoms with van der Waals surface area (Å²) >= 11 is 0. The number of rotatable bonds is 2. The summed E-state index contributed by atoms with van der Waals surface area (Å²) in [5.41, 5.74) is 4.61. The molecule has 0 aromatic carbocycles. The zero-order valence-electron chi connectivity index (χ0n) is 7.24. The van der Waals surface area contributed by atoms with Crippen molar-refractivity contribution in [1.82, 2.24) is 4.98 Å². The van der Waals surface area contributed by atoms with Crippen LogP contribution in [0, 0.1) is 0 Å². The van der Waals surface area contributed by atoms with Crippen molar-refractivity contribution in [3.8, 4) is 5.88 Å². The number of aromatic amines is 1. The molecule has 0 aliphatic rings. The molecule has 0 fully saturated rings. The highest BCUT2D eigenvalue weighted by Gasteiger charge is 2.20. The van der Waals surface area contributed by atoms with Gasteiger partial charge in [-0.2, -0.15) is 0 Å². The highest BCUT2D eigenvalue weighted by Crippen LogP contribution is 2.17. The van der Waals surface area contributed by atoms with E-state index in [-0.39, 0.29) is 12.5 Å². The number of pyridine rings is 1. The molecule has 72 valence electrons. The molecule has 5 N–H and O–H groups in total. The monoisotopic (exact) mass is 184 g/mol. The first-order chi connectivity index (χ1) is 5.95. The number of aromatic hydroxyl groups is 1. The van der Waals surface area contributed by atoms with Crippen molar-refractivity contribution in [2.24, 2.45) is 5.73 Å². The Hall–Kier alpha value is -1.33. The first kappa shape index (κ1) is 9.76. The average molecular weight is 184 g/mol. The molecule has 5 heteroatoms. The van der Waals surface area contributed by atoms with E-state index in [4.69, 9.17) is 15.9 Å². The molecule has 0 bridgehead atoms. The number of nitrogens with two attached hydrogens (primary N) is 1. The Morgan fingerprint density at radius 2 is 2.23 bits per heavy atom. The van der Waals surface area contributed by atoms with Gasteiger partial charge in [-0.05, 0) is 12.5 Å². The third-order valence-corrected chi connectivity index (χ3v) is 1.82. The molecule has 0 spiro atoms. The summed E-state index contributed by atoms with van der Waals surface area (Å²) in [6, 6.07) is 2.56. The number of hydrogen-bond donors (Lipinski definition) is 4. The van der Waals surface area contributed by atoms with E-state index in [9.17, 15) is 4.79 Å². The van der Waals surface area contributed by atoms with Crippen LogP contribution in [0.15, 0.2) is 16.9 Å².